The van der Waals surface area contributed by atoms with Crippen LogP contribution in [-0.4, -0.2) is 17.5 Å². The molecule has 0 amide bonds. The molecule has 1 aromatic carbocycles. The minimum atomic E-state index is -0.835. The number of aryl methyl sites for hydroxylation is 1. The lowest BCUT2D eigenvalue weighted by molar-refractivity contribution is -0.155. The first kappa shape index (κ1) is 20.8. The second-order valence-corrected chi connectivity index (χ2v) is 12.0. The molecule has 34 heavy (non-hydrogen) atoms. The Hall–Kier alpha value is -2.49. The number of Topliss-reactive ketones (excluding diaryl/α,β-unsaturated/α-hetero) is 1. The average molecular weight is 457 g/mol. The summed E-state index contributed by atoms with van der Waals surface area (Å²) in [5, 5.41) is 0. The molecule has 0 unspecified atom stereocenters. The first-order valence-electron chi connectivity index (χ1n) is 13.2. The maximum atomic E-state index is 13.6. The molecule has 3 fully saturated rings. The Labute approximate surface area is 200 Å². The van der Waals surface area contributed by atoms with Crippen LogP contribution < -0.4 is 4.74 Å². The van der Waals surface area contributed by atoms with Crippen molar-refractivity contribution in [2.45, 2.75) is 64.2 Å². The highest BCUT2D eigenvalue weighted by molar-refractivity contribution is 6.03. The van der Waals surface area contributed by atoms with Gasteiger partial charge in [-0.15, -0.1) is 0 Å². The van der Waals surface area contributed by atoms with Crippen LogP contribution in [0, 0.1) is 40.4 Å². The molecule has 1 aromatic rings. The molecule has 0 heterocycles. The summed E-state index contributed by atoms with van der Waals surface area (Å²) >= 11 is 0. The summed E-state index contributed by atoms with van der Waals surface area (Å²) in [5.74, 6) is 2.38. The summed E-state index contributed by atoms with van der Waals surface area (Å²) in [6.45, 7) is 2.21. The monoisotopic (exact) mass is 456 g/mol. The summed E-state index contributed by atoms with van der Waals surface area (Å²) in [7, 11) is 0. The van der Waals surface area contributed by atoms with E-state index < -0.39 is 5.41 Å². The summed E-state index contributed by atoms with van der Waals surface area (Å²) in [6, 6.07) is 6.20. The zero-order valence-corrected chi connectivity index (χ0v) is 19.8. The molecule has 0 N–H and O–H groups in total. The van der Waals surface area contributed by atoms with Gasteiger partial charge in [-0.1, -0.05) is 31.2 Å². The van der Waals surface area contributed by atoms with Gasteiger partial charge < -0.3 is 4.74 Å². The number of ether oxygens (including phenoxy) is 1. The number of hydrogen-bond acceptors (Lipinski definition) is 4. The van der Waals surface area contributed by atoms with Crippen LogP contribution in [0.15, 0.2) is 42.5 Å². The van der Waals surface area contributed by atoms with E-state index >= 15 is 0 Å². The fourth-order valence-electron chi connectivity index (χ4n) is 9.03. The molecule has 0 aliphatic heterocycles. The molecular formula is C30H32O4. The molecule has 8 atom stereocenters. The Morgan fingerprint density at radius 3 is 2.74 bits per heavy atom. The Morgan fingerprint density at radius 2 is 1.91 bits per heavy atom. The van der Waals surface area contributed by atoms with Gasteiger partial charge in [-0.05, 0) is 104 Å². The maximum Gasteiger partial charge on any atom is 0.322 e. The number of carbonyl (C=O) groups is 3. The van der Waals surface area contributed by atoms with Crippen LogP contribution in [0.1, 0.15) is 68.9 Å². The molecule has 0 saturated heterocycles. The fourth-order valence-corrected chi connectivity index (χ4v) is 9.03. The standard InChI is InChI=1S/C30H32O4/c1-29-14-12-22-21-9-7-20(16-18(21)4-8-23(22)24(29)10-11-26(29)32)34-28(33)30-15-13-25(31)27(30)17-2-5-19(30)6-3-17/h2,5,7,9,13,15-17,19,22-24,27H,3-4,6,8,10-12,14H2,1H3/t17-,19-,22+,23-,24-,27-,29-,30+/m0/s1. The van der Waals surface area contributed by atoms with Crippen LogP contribution in [0.25, 0.3) is 0 Å². The zero-order chi connectivity index (χ0) is 23.2. The van der Waals surface area contributed by atoms with Crippen LogP contribution in [0.2, 0.25) is 0 Å². The van der Waals surface area contributed by atoms with Crippen molar-refractivity contribution < 1.29 is 19.1 Å². The van der Waals surface area contributed by atoms with Crippen LogP contribution in [0.4, 0.5) is 0 Å². The van der Waals surface area contributed by atoms with Gasteiger partial charge in [-0.2, -0.15) is 0 Å². The lowest BCUT2D eigenvalue weighted by atomic mass is 9.54. The number of hydrogen-bond donors (Lipinski definition) is 0. The first-order valence-corrected chi connectivity index (χ1v) is 13.2. The highest BCUT2D eigenvalue weighted by Gasteiger charge is 2.61. The van der Waals surface area contributed by atoms with Gasteiger partial charge in [0, 0.05) is 17.8 Å². The lowest BCUT2D eigenvalue weighted by Crippen LogP contribution is -2.52. The largest absolute Gasteiger partial charge is 0.426 e. The Morgan fingerprint density at radius 1 is 1.03 bits per heavy atom. The van der Waals surface area contributed by atoms with Gasteiger partial charge in [0.25, 0.3) is 0 Å². The van der Waals surface area contributed by atoms with Crippen LogP contribution in [0.5, 0.6) is 5.75 Å². The topological polar surface area (TPSA) is 60.4 Å². The first-order chi connectivity index (χ1) is 16.4. The predicted octanol–water partition coefficient (Wildman–Crippen LogP) is 5.35. The third kappa shape index (κ3) is 2.58. The summed E-state index contributed by atoms with van der Waals surface area (Å²) in [5.41, 5.74) is 1.74. The van der Waals surface area contributed by atoms with E-state index in [9.17, 15) is 14.4 Å². The zero-order valence-electron chi connectivity index (χ0n) is 19.8. The van der Waals surface area contributed by atoms with Gasteiger partial charge in [0.2, 0.25) is 0 Å². The number of allylic oxidation sites excluding steroid dienone is 3. The van der Waals surface area contributed by atoms with Crippen molar-refractivity contribution in [3.8, 4) is 5.75 Å². The van der Waals surface area contributed by atoms with Gasteiger partial charge in [-0.25, -0.2) is 0 Å². The van der Waals surface area contributed by atoms with E-state index in [1.165, 1.54) is 11.1 Å². The third-order valence-electron chi connectivity index (χ3n) is 10.8. The van der Waals surface area contributed by atoms with E-state index in [2.05, 4.69) is 31.2 Å². The number of esters is 1. The van der Waals surface area contributed by atoms with Crippen molar-refractivity contribution in [2.75, 3.05) is 0 Å². The normalized spacial score (nSPS) is 43.3. The molecule has 3 saturated carbocycles. The molecule has 2 bridgehead atoms. The van der Waals surface area contributed by atoms with Crippen molar-refractivity contribution in [1.29, 1.82) is 0 Å². The number of benzene rings is 1. The van der Waals surface area contributed by atoms with E-state index in [0.717, 1.165) is 51.4 Å². The molecule has 4 nitrogen and oxygen atoms in total. The lowest BCUT2D eigenvalue weighted by Gasteiger charge is -2.48. The SMILES string of the molecule is C[C@]12CC[C@@H]3c4ccc(OC(=O)[C@@]56C=CC(=O)[C@@H]5[C@H]5C=C[C@H]6CC5)cc4CC[C@@H]3[C@@H]1CCC2=O. The minimum Gasteiger partial charge on any atom is -0.426 e. The van der Waals surface area contributed by atoms with Gasteiger partial charge in [0.1, 0.15) is 16.9 Å². The van der Waals surface area contributed by atoms with Gasteiger partial charge in [0.15, 0.2) is 5.78 Å². The van der Waals surface area contributed by atoms with E-state index in [-0.39, 0.29) is 34.9 Å². The minimum absolute atomic E-state index is 0.0433. The summed E-state index contributed by atoms with van der Waals surface area (Å²) < 4.78 is 6.04. The number of fused-ring (bicyclic) bond motifs is 6. The summed E-state index contributed by atoms with van der Waals surface area (Å²) in [4.78, 5) is 38.9. The summed E-state index contributed by atoms with van der Waals surface area (Å²) in [6.07, 6.45) is 15.6. The van der Waals surface area contributed by atoms with E-state index in [1.807, 2.05) is 12.1 Å². The number of carbonyl (C=O) groups excluding carboxylic acids is 3. The molecule has 176 valence electrons. The average Bonchev–Trinajstić information content (AvgIpc) is 3.38. The van der Waals surface area contributed by atoms with Gasteiger partial charge in [0.05, 0.1) is 0 Å². The Kier molecular flexibility index (Phi) is 4.31. The smallest absolute Gasteiger partial charge is 0.322 e. The maximum absolute atomic E-state index is 13.6. The van der Waals surface area contributed by atoms with Crippen molar-refractivity contribution in [3.63, 3.8) is 0 Å². The van der Waals surface area contributed by atoms with Crippen molar-refractivity contribution in [3.05, 3.63) is 53.6 Å². The highest BCUT2D eigenvalue weighted by atomic mass is 16.5. The quantitative estimate of drug-likeness (QED) is 0.342. The predicted molar refractivity (Wildman–Crippen MR) is 127 cm³/mol. The van der Waals surface area contributed by atoms with Gasteiger partial charge >= 0.3 is 5.97 Å². The van der Waals surface area contributed by atoms with Crippen LogP contribution in [-0.2, 0) is 20.8 Å². The van der Waals surface area contributed by atoms with E-state index in [4.69, 9.17) is 4.74 Å². The van der Waals surface area contributed by atoms with Gasteiger partial charge in [-0.3, -0.25) is 14.4 Å². The molecule has 7 aliphatic rings. The molecular weight excluding hydrogens is 424 g/mol. The second kappa shape index (κ2) is 7.02. The number of ketones is 2. The molecule has 4 heteroatoms. The third-order valence-corrected chi connectivity index (χ3v) is 10.8. The highest BCUT2D eigenvalue weighted by Crippen LogP contribution is 2.60. The molecule has 7 aliphatic carbocycles. The van der Waals surface area contributed by atoms with Crippen LogP contribution in [0.3, 0.4) is 0 Å². The number of rotatable bonds is 2. The second-order valence-electron chi connectivity index (χ2n) is 12.0. The van der Waals surface area contributed by atoms with Crippen molar-refractivity contribution in [1.82, 2.24) is 0 Å². The Balaban J connectivity index is 1.15. The van der Waals surface area contributed by atoms with Crippen LogP contribution >= 0.6 is 0 Å². The fraction of sp³-hybridized carbons (Fsp3) is 0.567. The molecule has 8 rings (SSSR count). The molecule has 0 radical (unpaired) electrons. The molecule has 0 aromatic heterocycles. The van der Waals surface area contributed by atoms with Crippen molar-refractivity contribution in [2.24, 2.45) is 40.4 Å². The van der Waals surface area contributed by atoms with E-state index in [0.29, 0.717) is 29.3 Å². The van der Waals surface area contributed by atoms with E-state index in [1.54, 1.807) is 6.08 Å². The molecule has 0 spiro atoms. The van der Waals surface area contributed by atoms with Crippen molar-refractivity contribution >= 4 is 17.5 Å². The Bertz CT molecular complexity index is 1180.